The second-order valence-corrected chi connectivity index (χ2v) is 5.41. The van der Waals surface area contributed by atoms with E-state index >= 15 is 0 Å². The summed E-state index contributed by atoms with van der Waals surface area (Å²) in [5.41, 5.74) is 1.00. The highest BCUT2D eigenvalue weighted by atomic mass is 32.2. The van der Waals surface area contributed by atoms with Crippen molar-refractivity contribution in [1.29, 1.82) is 5.26 Å². The highest BCUT2D eigenvalue weighted by molar-refractivity contribution is 7.99. The van der Waals surface area contributed by atoms with Crippen molar-refractivity contribution in [2.45, 2.75) is 25.0 Å². The third kappa shape index (κ3) is 4.09. The maximum atomic E-state index is 11.7. The van der Waals surface area contributed by atoms with Crippen LogP contribution in [0.2, 0.25) is 0 Å². The molecule has 0 radical (unpaired) electrons. The molecule has 0 atom stereocenters. The van der Waals surface area contributed by atoms with Gasteiger partial charge in [0.05, 0.1) is 18.2 Å². The molecule has 0 aliphatic rings. The monoisotopic (exact) mass is 315 g/mol. The maximum Gasteiger partial charge on any atom is 0.230 e. The molecule has 0 aliphatic carbocycles. The van der Waals surface area contributed by atoms with Crippen LogP contribution in [0, 0.1) is 11.3 Å². The molecule has 0 aliphatic heterocycles. The molecule has 6 nitrogen and oxygen atoms in total. The number of nitrogens with one attached hydrogen (secondary N) is 1. The van der Waals surface area contributed by atoms with E-state index in [9.17, 15) is 4.79 Å². The fourth-order valence-electron chi connectivity index (χ4n) is 1.92. The minimum atomic E-state index is -0.104. The van der Waals surface area contributed by atoms with Crippen LogP contribution >= 0.6 is 11.8 Å². The summed E-state index contributed by atoms with van der Waals surface area (Å²) in [6, 6.07) is 11.8. The number of hydrogen-bond donors (Lipinski definition) is 1. The lowest BCUT2D eigenvalue weighted by molar-refractivity contribution is -0.118. The smallest absolute Gasteiger partial charge is 0.230 e. The second kappa shape index (κ2) is 8.20. The molecule has 0 saturated heterocycles. The summed E-state index contributed by atoms with van der Waals surface area (Å²) in [4.78, 5) is 11.7. The summed E-state index contributed by atoms with van der Waals surface area (Å²) in [5.74, 6) is 0.959. The highest BCUT2D eigenvalue weighted by Crippen LogP contribution is 2.23. The zero-order chi connectivity index (χ0) is 15.8. The van der Waals surface area contributed by atoms with Crippen molar-refractivity contribution in [3.8, 4) is 17.5 Å². The number of carbonyl (C=O) groups excluding carboxylic acids is 1. The Kier molecular flexibility index (Phi) is 5.98. The molecular formula is C15H17N5OS. The van der Waals surface area contributed by atoms with Gasteiger partial charge in [-0.15, -0.1) is 10.2 Å². The minimum absolute atomic E-state index is 0.104. The Hall–Kier alpha value is -2.33. The van der Waals surface area contributed by atoms with Crippen LogP contribution in [0.3, 0.4) is 0 Å². The molecule has 2 rings (SSSR count). The third-order valence-electron chi connectivity index (χ3n) is 2.96. The van der Waals surface area contributed by atoms with Crippen LogP contribution in [-0.4, -0.2) is 33.0 Å². The first kappa shape index (κ1) is 16.0. The summed E-state index contributed by atoms with van der Waals surface area (Å²) in [7, 11) is 0. The van der Waals surface area contributed by atoms with Crippen molar-refractivity contribution < 1.29 is 4.79 Å². The Bertz CT molecular complexity index is 662. The van der Waals surface area contributed by atoms with Gasteiger partial charge in [-0.05, 0) is 6.92 Å². The molecule has 7 heteroatoms. The molecule has 0 spiro atoms. The number of carbonyl (C=O) groups is 1. The van der Waals surface area contributed by atoms with Gasteiger partial charge >= 0.3 is 0 Å². The molecule has 1 aromatic heterocycles. The van der Waals surface area contributed by atoms with E-state index in [-0.39, 0.29) is 11.7 Å². The van der Waals surface area contributed by atoms with Gasteiger partial charge in [-0.1, -0.05) is 42.1 Å². The number of nitrogens with zero attached hydrogens (tertiary/aromatic N) is 4. The fraction of sp³-hybridized carbons (Fsp3) is 0.333. The fourth-order valence-corrected chi connectivity index (χ4v) is 2.75. The summed E-state index contributed by atoms with van der Waals surface area (Å²) < 4.78 is 1.99. The van der Waals surface area contributed by atoms with Crippen LogP contribution in [0.5, 0.6) is 0 Å². The molecule has 0 fully saturated rings. The lowest BCUT2D eigenvalue weighted by atomic mass is 10.2. The summed E-state index contributed by atoms with van der Waals surface area (Å²) in [5, 5.41) is 20.3. The largest absolute Gasteiger partial charge is 0.354 e. The summed E-state index contributed by atoms with van der Waals surface area (Å²) in [6.45, 7) is 3.13. The average Bonchev–Trinajstić information content (AvgIpc) is 2.97. The van der Waals surface area contributed by atoms with Crippen molar-refractivity contribution in [3.05, 3.63) is 30.3 Å². The van der Waals surface area contributed by atoms with Gasteiger partial charge in [-0.25, -0.2) is 0 Å². The van der Waals surface area contributed by atoms with Gasteiger partial charge in [0.25, 0.3) is 0 Å². The van der Waals surface area contributed by atoms with Gasteiger partial charge < -0.3 is 9.88 Å². The Balaban J connectivity index is 2.02. The van der Waals surface area contributed by atoms with E-state index in [1.54, 1.807) is 0 Å². The van der Waals surface area contributed by atoms with Crippen LogP contribution in [-0.2, 0) is 11.3 Å². The Morgan fingerprint density at radius 1 is 1.36 bits per heavy atom. The van der Waals surface area contributed by atoms with Crippen LogP contribution in [0.4, 0.5) is 0 Å². The minimum Gasteiger partial charge on any atom is -0.354 e. The topological polar surface area (TPSA) is 83.6 Å². The highest BCUT2D eigenvalue weighted by Gasteiger charge is 2.14. The third-order valence-corrected chi connectivity index (χ3v) is 3.92. The lowest BCUT2D eigenvalue weighted by Crippen LogP contribution is -2.26. The molecule has 1 amide bonds. The first-order valence-electron chi connectivity index (χ1n) is 7.01. The van der Waals surface area contributed by atoms with Gasteiger partial charge in [0.2, 0.25) is 5.91 Å². The molecule has 114 valence electrons. The van der Waals surface area contributed by atoms with Crippen molar-refractivity contribution in [2.75, 3.05) is 12.3 Å². The van der Waals surface area contributed by atoms with E-state index in [0.29, 0.717) is 13.0 Å². The summed E-state index contributed by atoms with van der Waals surface area (Å²) in [6.07, 6.45) is 0.319. The first-order valence-corrected chi connectivity index (χ1v) is 8.00. The number of benzene rings is 1. The predicted octanol–water partition coefficient (Wildman–Crippen LogP) is 2.09. The zero-order valence-corrected chi connectivity index (χ0v) is 13.1. The molecule has 0 bridgehead atoms. The standard InChI is InChI=1S/C15H17N5OS/c1-2-20-14(12-7-4-3-5-8-12)18-19-15(20)22-11-13(21)17-10-6-9-16/h3-5,7-8H,2,6,10-11H2,1H3,(H,17,21). The average molecular weight is 315 g/mol. The molecular weight excluding hydrogens is 298 g/mol. The van der Waals surface area contributed by atoms with Crippen molar-refractivity contribution in [1.82, 2.24) is 20.1 Å². The van der Waals surface area contributed by atoms with E-state index in [4.69, 9.17) is 5.26 Å². The number of aromatic nitrogens is 3. The molecule has 22 heavy (non-hydrogen) atoms. The van der Waals surface area contributed by atoms with Crippen molar-refractivity contribution in [3.63, 3.8) is 0 Å². The molecule has 1 aromatic carbocycles. The van der Waals surface area contributed by atoms with Gasteiger partial charge in [0.15, 0.2) is 11.0 Å². The maximum absolute atomic E-state index is 11.7. The molecule has 0 unspecified atom stereocenters. The molecule has 0 saturated carbocycles. The van der Waals surface area contributed by atoms with Gasteiger partial charge in [0, 0.05) is 18.7 Å². The predicted molar refractivity (Wildman–Crippen MR) is 85.1 cm³/mol. The quantitative estimate of drug-likeness (QED) is 0.625. The van der Waals surface area contributed by atoms with Crippen LogP contribution in [0.15, 0.2) is 35.5 Å². The second-order valence-electron chi connectivity index (χ2n) is 4.46. The summed E-state index contributed by atoms with van der Waals surface area (Å²) >= 11 is 1.35. The van der Waals surface area contributed by atoms with Gasteiger partial charge in [0.1, 0.15) is 0 Å². The van der Waals surface area contributed by atoms with E-state index < -0.39 is 0 Å². The number of nitriles is 1. The number of thioether (sulfide) groups is 1. The van der Waals surface area contributed by atoms with Gasteiger partial charge in [-0.2, -0.15) is 5.26 Å². The van der Waals surface area contributed by atoms with Crippen LogP contribution < -0.4 is 5.32 Å². The molecule has 1 heterocycles. The van der Waals surface area contributed by atoms with E-state index in [2.05, 4.69) is 15.5 Å². The SMILES string of the molecule is CCn1c(SCC(=O)NCCC#N)nnc1-c1ccccc1. The normalized spacial score (nSPS) is 10.2. The zero-order valence-electron chi connectivity index (χ0n) is 12.3. The van der Waals surface area contributed by atoms with Crippen LogP contribution in [0.1, 0.15) is 13.3 Å². The Morgan fingerprint density at radius 3 is 2.82 bits per heavy atom. The van der Waals surface area contributed by atoms with Gasteiger partial charge in [-0.3, -0.25) is 4.79 Å². The van der Waals surface area contributed by atoms with E-state index in [1.165, 1.54) is 11.8 Å². The van der Waals surface area contributed by atoms with Crippen molar-refractivity contribution >= 4 is 17.7 Å². The first-order chi connectivity index (χ1) is 10.8. The number of rotatable bonds is 7. The van der Waals surface area contributed by atoms with E-state index in [1.807, 2.05) is 47.9 Å². The lowest BCUT2D eigenvalue weighted by Gasteiger charge is -2.07. The Labute approximate surface area is 133 Å². The van der Waals surface area contributed by atoms with Crippen LogP contribution in [0.25, 0.3) is 11.4 Å². The molecule has 1 N–H and O–H groups in total. The number of amides is 1. The van der Waals surface area contributed by atoms with E-state index in [0.717, 1.165) is 23.1 Å². The number of hydrogen-bond acceptors (Lipinski definition) is 5. The Morgan fingerprint density at radius 2 is 2.14 bits per heavy atom. The van der Waals surface area contributed by atoms with Crippen molar-refractivity contribution in [2.24, 2.45) is 0 Å². The molecule has 2 aromatic rings.